The Morgan fingerprint density at radius 2 is 2.27 bits per heavy atom. The fraction of sp³-hybridized carbons (Fsp3) is 0.583. The molecule has 3 heteroatoms. The fourth-order valence-corrected chi connectivity index (χ4v) is 2.49. The lowest BCUT2D eigenvalue weighted by Gasteiger charge is -2.19. The zero-order valence-electron chi connectivity index (χ0n) is 9.28. The minimum absolute atomic E-state index is 0.787. The molecule has 2 heterocycles. The molecule has 0 aliphatic carbocycles. The molecular weight excluding hydrogens is 252 g/mol. The van der Waals surface area contributed by atoms with Gasteiger partial charge in [0.2, 0.25) is 0 Å². The standard InChI is InChI=1S/C12H17BrN2/c1-9(2)10-3-4-15(8-10)12-5-11(13)6-14-7-12/h5-7,9-10H,3-4,8H2,1-2H3. The van der Waals surface area contributed by atoms with E-state index in [-0.39, 0.29) is 0 Å². The highest BCUT2D eigenvalue weighted by molar-refractivity contribution is 9.10. The largest absolute Gasteiger partial charge is 0.370 e. The smallest absolute Gasteiger partial charge is 0.0564 e. The van der Waals surface area contributed by atoms with Crippen LogP contribution in [0.4, 0.5) is 5.69 Å². The molecule has 1 aliphatic rings. The van der Waals surface area contributed by atoms with E-state index in [4.69, 9.17) is 0 Å². The predicted molar refractivity (Wildman–Crippen MR) is 67.1 cm³/mol. The molecule has 1 aromatic heterocycles. The average molecular weight is 269 g/mol. The fourth-order valence-electron chi connectivity index (χ4n) is 2.14. The van der Waals surface area contributed by atoms with E-state index in [1.54, 1.807) is 0 Å². The maximum atomic E-state index is 4.21. The summed E-state index contributed by atoms with van der Waals surface area (Å²) in [6.45, 7) is 6.97. The maximum absolute atomic E-state index is 4.21. The molecule has 2 rings (SSSR count). The molecule has 1 fully saturated rings. The number of halogens is 1. The van der Waals surface area contributed by atoms with Crippen molar-refractivity contribution in [2.24, 2.45) is 11.8 Å². The second kappa shape index (κ2) is 4.52. The van der Waals surface area contributed by atoms with Gasteiger partial charge >= 0.3 is 0 Å². The number of hydrogen-bond acceptors (Lipinski definition) is 2. The first-order valence-corrected chi connectivity index (χ1v) is 6.31. The minimum atomic E-state index is 0.787. The molecule has 0 bridgehead atoms. The third kappa shape index (κ3) is 2.51. The van der Waals surface area contributed by atoms with Crippen LogP contribution in [0.3, 0.4) is 0 Å². The topological polar surface area (TPSA) is 16.1 Å². The van der Waals surface area contributed by atoms with E-state index in [1.165, 1.54) is 25.2 Å². The molecule has 0 aromatic carbocycles. The molecule has 0 amide bonds. The predicted octanol–water partition coefficient (Wildman–Crippen LogP) is 3.33. The van der Waals surface area contributed by atoms with Crippen LogP contribution in [0, 0.1) is 11.8 Å². The molecule has 0 saturated carbocycles. The summed E-state index contributed by atoms with van der Waals surface area (Å²) < 4.78 is 1.06. The lowest BCUT2D eigenvalue weighted by atomic mass is 9.95. The number of aromatic nitrogens is 1. The minimum Gasteiger partial charge on any atom is -0.370 e. The van der Waals surface area contributed by atoms with Crippen LogP contribution in [0.25, 0.3) is 0 Å². The van der Waals surface area contributed by atoms with Crippen molar-refractivity contribution in [3.8, 4) is 0 Å². The Bertz CT molecular complexity index is 338. The number of rotatable bonds is 2. The number of pyridine rings is 1. The Hall–Kier alpha value is -0.570. The monoisotopic (exact) mass is 268 g/mol. The van der Waals surface area contributed by atoms with E-state index < -0.39 is 0 Å². The Kier molecular flexibility index (Phi) is 3.29. The summed E-state index contributed by atoms with van der Waals surface area (Å²) in [7, 11) is 0. The van der Waals surface area contributed by atoms with E-state index in [1.807, 2.05) is 12.4 Å². The van der Waals surface area contributed by atoms with Gasteiger partial charge < -0.3 is 4.90 Å². The van der Waals surface area contributed by atoms with Crippen molar-refractivity contribution in [2.75, 3.05) is 18.0 Å². The van der Waals surface area contributed by atoms with Crippen molar-refractivity contribution in [1.82, 2.24) is 4.98 Å². The van der Waals surface area contributed by atoms with Crippen molar-refractivity contribution >= 4 is 21.6 Å². The first-order chi connectivity index (χ1) is 7.16. The molecule has 1 aliphatic heterocycles. The molecule has 1 unspecified atom stereocenters. The highest BCUT2D eigenvalue weighted by Gasteiger charge is 2.24. The van der Waals surface area contributed by atoms with Gasteiger partial charge in [0.25, 0.3) is 0 Å². The molecule has 1 atom stereocenters. The highest BCUT2D eigenvalue weighted by Crippen LogP contribution is 2.28. The zero-order valence-corrected chi connectivity index (χ0v) is 10.9. The van der Waals surface area contributed by atoms with E-state index in [0.29, 0.717) is 0 Å². The Balaban J connectivity index is 2.08. The van der Waals surface area contributed by atoms with Crippen molar-refractivity contribution in [1.29, 1.82) is 0 Å². The van der Waals surface area contributed by atoms with Crippen LogP contribution in [-0.4, -0.2) is 18.1 Å². The van der Waals surface area contributed by atoms with E-state index in [9.17, 15) is 0 Å². The van der Waals surface area contributed by atoms with Crippen molar-refractivity contribution in [3.05, 3.63) is 22.9 Å². The maximum Gasteiger partial charge on any atom is 0.0564 e. The van der Waals surface area contributed by atoms with Gasteiger partial charge in [0.15, 0.2) is 0 Å². The van der Waals surface area contributed by atoms with Gasteiger partial charge in [0.05, 0.1) is 11.9 Å². The Morgan fingerprint density at radius 3 is 2.87 bits per heavy atom. The average Bonchev–Trinajstić information content (AvgIpc) is 2.66. The summed E-state index contributed by atoms with van der Waals surface area (Å²) in [5, 5.41) is 0. The first kappa shape index (κ1) is 10.9. The third-order valence-corrected chi connectivity index (χ3v) is 3.66. The van der Waals surface area contributed by atoms with Crippen LogP contribution < -0.4 is 4.90 Å². The van der Waals surface area contributed by atoms with Crippen molar-refractivity contribution < 1.29 is 0 Å². The normalized spacial score (nSPS) is 21.3. The summed E-state index contributed by atoms with van der Waals surface area (Å²) >= 11 is 3.46. The third-order valence-electron chi connectivity index (χ3n) is 3.22. The Morgan fingerprint density at radius 1 is 1.47 bits per heavy atom. The van der Waals surface area contributed by atoms with Crippen molar-refractivity contribution in [2.45, 2.75) is 20.3 Å². The van der Waals surface area contributed by atoms with E-state index in [0.717, 1.165) is 16.3 Å². The van der Waals surface area contributed by atoms with E-state index in [2.05, 4.69) is 45.7 Å². The molecule has 0 radical (unpaired) electrons. The van der Waals surface area contributed by atoms with Gasteiger partial charge in [0.1, 0.15) is 0 Å². The summed E-state index contributed by atoms with van der Waals surface area (Å²) in [5.74, 6) is 1.62. The van der Waals surface area contributed by atoms with Gasteiger partial charge in [-0.2, -0.15) is 0 Å². The molecule has 2 nitrogen and oxygen atoms in total. The summed E-state index contributed by atoms with van der Waals surface area (Å²) in [4.78, 5) is 6.64. The molecular formula is C12H17BrN2. The molecule has 0 N–H and O–H groups in total. The number of anilines is 1. The summed E-state index contributed by atoms with van der Waals surface area (Å²) in [6, 6.07) is 2.15. The Labute approximate surface area is 99.8 Å². The van der Waals surface area contributed by atoms with Gasteiger partial charge in [-0.1, -0.05) is 13.8 Å². The highest BCUT2D eigenvalue weighted by atomic mass is 79.9. The molecule has 1 aromatic rings. The molecule has 1 saturated heterocycles. The van der Waals surface area contributed by atoms with Gasteiger partial charge in [0, 0.05) is 23.8 Å². The zero-order chi connectivity index (χ0) is 10.8. The SMILES string of the molecule is CC(C)C1CCN(c2cncc(Br)c2)C1. The molecule has 15 heavy (non-hydrogen) atoms. The number of nitrogens with zero attached hydrogens (tertiary/aromatic N) is 2. The van der Waals surface area contributed by atoms with Gasteiger partial charge in [-0.15, -0.1) is 0 Å². The van der Waals surface area contributed by atoms with Crippen LogP contribution >= 0.6 is 15.9 Å². The van der Waals surface area contributed by atoms with Crippen LogP contribution in [0.1, 0.15) is 20.3 Å². The first-order valence-electron chi connectivity index (χ1n) is 5.52. The van der Waals surface area contributed by atoms with Crippen LogP contribution in [0.2, 0.25) is 0 Å². The second-order valence-electron chi connectivity index (χ2n) is 4.60. The van der Waals surface area contributed by atoms with Crippen LogP contribution in [0.5, 0.6) is 0 Å². The van der Waals surface area contributed by atoms with Gasteiger partial charge in [-0.05, 0) is 40.3 Å². The lowest BCUT2D eigenvalue weighted by molar-refractivity contribution is 0.423. The number of hydrogen-bond donors (Lipinski definition) is 0. The van der Waals surface area contributed by atoms with Gasteiger partial charge in [-0.3, -0.25) is 4.98 Å². The summed E-state index contributed by atoms with van der Waals surface area (Å²) in [6.07, 6.45) is 5.09. The van der Waals surface area contributed by atoms with Crippen molar-refractivity contribution in [3.63, 3.8) is 0 Å². The lowest BCUT2D eigenvalue weighted by Crippen LogP contribution is -2.21. The summed E-state index contributed by atoms with van der Waals surface area (Å²) in [5.41, 5.74) is 1.24. The van der Waals surface area contributed by atoms with Gasteiger partial charge in [-0.25, -0.2) is 0 Å². The van der Waals surface area contributed by atoms with Crippen LogP contribution in [0.15, 0.2) is 22.9 Å². The molecule has 82 valence electrons. The second-order valence-corrected chi connectivity index (χ2v) is 5.52. The quantitative estimate of drug-likeness (QED) is 0.818. The van der Waals surface area contributed by atoms with E-state index >= 15 is 0 Å². The molecule has 0 spiro atoms. The van der Waals surface area contributed by atoms with Crippen LogP contribution in [-0.2, 0) is 0 Å².